The average molecular weight is 249 g/mol. The van der Waals surface area contributed by atoms with E-state index in [0.717, 1.165) is 0 Å². The van der Waals surface area contributed by atoms with Gasteiger partial charge in [-0.05, 0) is 19.9 Å². The van der Waals surface area contributed by atoms with Crippen molar-refractivity contribution < 1.29 is 4.92 Å². The van der Waals surface area contributed by atoms with Gasteiger partial charge in [-0.25, -0.2) is 4.98 Å². The lowest BCUT2D eigenvalue weighted by atomic mass is 10.2. The Balaban J connectivity index is 2.98. The molecule has 0 aliphatic rings. The topological polar surface area (TPSA) is 109 Å². The van der Waals surface area contributed by atoms with Gasteiger partial charge in [0.25, 0.3) is 0 Å². The number of nitriles is 1. The molecule has 0 aliphatic carbocycles. The minimum Gasteiger partial charge on any atom is -0.378 e. The first kappa shape index (κ1) is 13.7. The molecule has 0 saturated carbocycles. The molecule has 0 aliphatic heterocycles. The second kappa shape index (κ2) is 5.82. The van der Waals surface area contributed by atoms with E-state index in [0.29, 0.717) is 18.9 Å². The van der Waals surface area contributed by atoms with Crippen LogP contribution in [0.25, 0.3) is 0 Å². The fourth-order valence-electron chi connectivity index (χ4n) is 1.54. The van der Waals surface area contributed by atoms with Gasteiger partial charge in [-0.2, -0.15) is 5.26 Å². The summed E-state index contributed by atoms with van der Waals surface area (Å²) >= 11 is 0. The molecule has 0 spiro atoms. The molecule has 0 fully saturated rings. The molecule has 0 bridgehead atoms. The second-order valence-corrected chi connectivity index (χ2v) is 3.90. The van der Waals surface area contributed by atoms with E-state index in [9.17, 15) is 10.1 Å². The van der Waals surface area contributed by atoms with Crippen molar-refractivity contribution in [2.24, 2.45) is 5.92 Å². The first-order valence-corrected chi connectivity index (χ1v) is 5.55. The van der Waals surface area contributed by atoms with E-state index in [2.05, 4.69) is 11.1 Å². The zero-order valence-corrected chi connectivity index (χ0v) is 10.3. The molecule has 96 valence electrons. The van der Waals surface area contributed by atoms with Gasteiger partial charge in [0.2, 0.25) is 5.82 Å². The molecule has 0 amide bonds. The van der Waals surface area contributed by atoms with Gasteiger partial charge in [0.1, 0.15) is 5.82 Å². The molecule has 1 heterocycles. The summed E-state index contributed by atoms with van der Waals surface area (Å²) in [5.74, 6) is 0.284. The summed E-state index contributed by atoms with van der Waals surface area (Å²) in [6, 6.07) is 5.01. The molecule has 0 aromatic carbocycles. The third-order valence-electron chi connectivity index (χ3n) is 2.50. The van der Waals surface area contributed by atoms with Gasteiger partial charge in [-0.3, -0.25) is 10.1 Å². The molecule has 7 heteroatoms. The molecule has 2 N–H and O–H groups in total. The number of nitrogen functional groups attached to an aromatic ring is 1. The van der Waals surface area contributed by atoms with Crippen LogP contribution in [0.4, 0.5) is 17.3 Å². The minimum absolute atomic E-state index is 0.111. The molecule has 1 aromatic rings. The number of nitrogens with zero attached hydrogens (tertiary/aromatic N) is 4. The highest BCUT2D eigenvalue weighted by molar-refractivity contribution is 5.58. The molecular weight excluding hydrogens is 234 g/mol. The van der Waals surface area contributed by atoms with Crippen molar-refractivity contribution in [3.05, 3.63) is 22.2 Å². The van der Waals surface area contributed by atoms with Crippen molar-refractivity contribution in [1.29, 1.82) is 5.26 Å². The lowest BCUT2D eigenvalue weighted by Crippen LogP contribution is -2.28. The van der Waals surface area contributed by atoms with Crippen LogP contribution in [0.1, 0.15) is 13.8 Å². The summed E-state index contributed by atoms with van der Waals surface area (Å²) in [5.41, 5.74) is 5.33. The summed E-state index contributed by atoms with van der Waals surface area (Å²) in [5, 5.41) is 19.4. The summed E-state index contributed by atoms with van der Waals surface area (Å²) in [4.78, 5) is 15.9. The SMILES string of the molecule is CCN(CC(C)C#N)c1ccc([N+](=O)[O-])c(N)n1. The monoisotopic (exact) mass is 249 g/mol. The van der Waals surface area contributed by atoms with E-state index < -0.39 is 4.92 Å². The zero-order valence-electron chi connectivity index (χ0n) is 10.3. The number of rotatable bonds is 5. The van der Waals surface area contributed by atoms with E-state index in [-0.39, 0.29) is 17.4 Å². The largest absolute Gasteiger partial charge is 0.378 e. The van der Waals surface area contributed by atoms with Crippen LogP contribution in [-0.4, -0.2) is 23.0 Å². The highest BCUT2D eigenvalue weighted by Gasteiger charge is 2.16. The van der Waals surface area contributed by atoms with Gasteiger partial charge >= 0.3 is 5.69 Å². The Morgan fingerprint density at radius 3 is 2.78 bits per heavy atom. The summed E-state index contributed by atoms with van der Waals surface area (Å²) < 4.78 is 0. The Hall–Kier alpha value is -2.36. The maximum Gasteiger partial charge on any atom is 0.311 e. The summed E-state index contributed by atoms with van der Waals surface area (Å²) in [6.07, 6.45) is 0. The molecule has 7 nitrogen and oxygen atoms in total. The van der Waals surface area contributed by atoms with Gasteiger partial charge in [0, 0.05) is 19.2 Å². The molecular formula is C11H15N5O2. The number of pyridine rings is 1. The van der Waals surface area contributed by atoms with Crippen molar-refractivity contribution in [1.82, 2.24) is 4.98 Å². The van der Waals surface area contributed by atoms with Gasteiger partial charge in [0.05, 0.1) is 16.9 Å². The minimum atomic E-state index is -0.569. The van der Waals surface area contributed by atoms with Crippen LogP contribution in [-0.2, 0) is 0 Å². The summed E-state index contributed by atoms with van der Waals surface area (Å²) in [6.45, 7) is 4.88. The number of hydrogen-bond donors (Lipinski definition) is 1. The van der Waals surface area contributed by atoms with Crippen molar-refractivity contribution in [2.75, 3.05) is 23.7 Å². The Morgan fingerprint density at radius 2 is 2.33 bits per heavy atom. The lowest BCUT2D eigenvalue weighted by molar-refractivity contribution is -0.384. The predicted octanol–water partition coefficient (Wildman–Crippen LogP) is 1.56. The van der Waals surface area contributed by atoms with Crippen molar-refractivity contribution in [3.8, 4) is 6.07 Å². The Morgan fingerprint density at radius 1 is 1.67 bits per heavy atom. The Kier molecular flexibility index (Phi) is 4.43. The fraction of sp³-hybridized carbons (Fsp3) is 0.455. The third kappa shape index (κ3) is 3.07. The molecule has 0 saturated heterocycles. The average Bonchev–Trinajstić information content (AvgIpc) is 2.34. The Labute approximate surface area is 105 Å². The van der Waals surface area contributed by atoms with E-state index in [1.54, 1.807) is 13.0 Å². The Bertz CT molecular complexity index is 483. The van der Waals surface area contributed by atoms with E-state index in [4.69, 9.17) is 11.0 Å². The highest BCUT2D eigenvalue weighted by atomic mass is 16.6. The van der Waals surface area contributed by atoms with E-state index in [1.807, 2.05) is 11.8 Å². The van der Waals surface area contributed by atoms with Crippen LogP contribution < -0.4 is 10.6 Å². The normalized spacial score (nSPS) is 11.6. The van der Waals surface area contributed by atoms with Crippen LogP contribution in [0, 0.1) is 27.4 Å². The standard InChI is InChI=1S/C11H15N5O2/c1-3-15(7-8(2)6-12)10-5-4-9(16(17)18)11(13)14-10/h4-5,8H,3,7H2,1-2H3,(H2,13,14). The third-order valence-corrected chi connectivity index (χ3v) is 2.50. The quantitative estimate of drug-likeness (QED) is 0.626. The highest BCUT2D eigenvalue weighted by Crippen LogP contribution is 2.23. The molecule has 1 unspecified atom stereocenters. The molecule has 0 radical (unpaired) electrons. The molecule has 1 atom stereocenters. The van der Waals surface area contributed by atoms with E-state index >= 15 is 0 Å². The number of aromatic nitrogens is 1. The van der Waals surface area contributed by atoms with Crippen LogP contribution >= 0.6 is 0 Å². The number of nitro groups is 1. The fourth-order valence-corrected chi connectivity index (χ4v) is 1.54. The molecule has 18 heavy (non-hydrogen) atoms. The maximum atomic E-state index is 10.6. The van der Waals surface area contributed by atoms with Crippen LogP contribution in [0.3, 0.4) is 0 Å². The number of hydrogen-bond acceptors (Lipinski definition) is 6. The van der Waals surface area contributed by atoms with Gasteiger partial charge < -0.3 is 10.6 Å². The summed E-state index contributed by atoms with van der Waals surface area (Å²) in [7, 11) is 0. The smallest absolute Gasteiger partial charge is 0.311 e. The first-order valence-electron chi connectivity index (χ1n) is 5.55. The number of anilines is 2. The van der Waals surface area contributed by atoms with Gasteiger partial charge in [0.15, 0.2) is 0 Å². The van der Waals surface area contributed by atoms with Crippen molar-refractivity contribution in [2.45, 2.75) is 13.8 Å². The maximum absolute atomic E-state index is 10.6. The zero-order chi connectivity index (χ0) is 13.7. The number of nitrogens with two attached hydrogens (primary N) is 1. The predicted molar refractivity (Wildman–Crippen MR) is 68.0 cm³/mol. The molecule has 1 rings (SSSR count). The van der Waals surface area contributed by atoms with Gasteiger partial charge in [-0.15, -0.1) is 0 Å². The van der Waals surface area contributed by atoms with Gasteiger partial charge in [-0.1, -0.05) is 0 Å². The molecule has 1 aromatic heterocycles. The van der Waals surface area contributed by atoms with Crippen LogP contribution in [0.5, 0.6) is 0 Å². The lowest BCUT2D eigenvalue weighted by Gasteiger charge is -2.22. The second-order valence-electron chi connectivity index (χ2n) is 3.90. The van der Waals surface area contributed by atoms with Crippen molar-refractivity contribution in [3.63, 3.8) is 0 Å². The van der Waals surface area contributed by atoms with E-state index in [1.165, 1.54) is 6.07 Å². The van der Waals surface area contributed by atoms with Crippen molar-refractivity contribution >= 4 is 17.3 Å². The van der Waals surface area contributed by atoms with Crippen LogP contribution in [0.15, 0.2) is 12.1 Å². The van der Waals surface area contributed by atoms with Crippen LogP contribution in [0.2, 0.25) is 0 Å². The first-order chi connectivity index (χ1) is 8.49.